The van der Waals surface area contributed by atoms with E-state index in [4.69, 9.17) is 9.84 Å². The van der Waals surface area contributed by atoms with Gasteiger partial charge < -0.3 is 15.2 Å². The number of nitrogens with one attached hydrogen (secondary N) is 2. The largest absolute Gasteiger partial charge is 0.480 e. The number of hydrogen-bond donors (Lipinski definition) is 3. The van der Waals surface area contributed by atoms with Crippen molar-refractivity contribution in [3.8, 4) is 0 Å². The second-order valence-electron chi connectivity index (χ2n) is 2.70. The Morgan fingerprint density at radius 1 is 1.50 bits per heavy atom. The summed E-state index contributed by atoms with van der Waals surface area (Å²) < 4.78 is 4.77. The SMILES string of the molecule is CNC(C(=O)O)C(=O)NCCCOC. The highest BCUT2D eigenvalue weighted by Gasteiger charge is 2.23. The summed E-state index contributed by atoms with van der Waals surface area (Å²) >= 11 is 0. The third-order valence-electron chi connectivity index (χ3n) is 1.62. The van der Waals surface area contributed by atoms with Gasteiger partial charge in [0.2, 0.25) is 5.91 Å². The first-order chi connectivity index (χ1) is 6.63. The molecule has 0 fully saturated rings. The van der Waals surface area contributed by atoms with Gasteiger partial charge in [-0.05, 0) is 13.5 Å². The first kappa shape index (κ1) is 12.9. The number of methoxy groups -OCH3 is 1. The summed E-state index contributed by atoms with van der Waals surface area (Å²) in [5.74, 6) is -1.71. The number of carboxylic acids is 1. The van der Waals surface area contributed by atoms with Gasteiger partial charge in [0.25, 0.3) is 0 Å². The molecule has 0 saturated heterocycles. The number of rotatable bonds is 7. The number of carboxylic acid groups (broad SMARTS) is 1. The van der Waals surface area contributed by atoms with Crippen molar-refractivity contribution in [1.82, 2.24) is 10.6 Å². The van der Waals surface area contributed by atoms with E-state index in [2.05, 4.69) is 10.6 Å². The van der Waals surface area contributed by atoms with Crippen LogP contribution in [0.3, 0.4) is 0 Å². The fourth-order valence-corrected chi connectivity index (χ4v) is 0.897. The first-order valence-electron chi connectivity index (χ1n) is 4.30. The normalized spacial score (nSPS) is 12.1. The molecule has 0 saturated carbocycles. The molecule has 14 heavy (non-hydrogen) atoms. The Balaban J connectivity index is 3.76. The van der Waals surface area contributed by atoms with Crippen LogP contribution in [0, 0.1) is 0 Å². The smallest absolute Gasteiger partial charge is 0.330 e. The molecule has 3 N–H and O–H groups in total. The van der Waals surface area contributed by atoms with Gasteiger partial charge in [0.05, 0.1) is 0 Å². The van der Waals surface area contributed by atoms with Crippen molar-refractivity contribution in [1.29, 1.82) is 0 Å². The maximum atomic E-state index is 11.2. The molecule has 0 spiro atoms. The fourth-order valence-electron chi connectivity index (χ4n) is 0.897. The lowest BCUT2D eigenvalue weighted by atomic mass is 10.3. The Morgan fingerprint density at radius 3 is 2.57 bits per heavy atom. The molecule has 0 radical (unpaired) electrons. The Bertz CT molecular complexity index is 196. The maximum Gasteiger partial charge on any atom is 0.330 e. The van der Waals surface area contributed by atoms with Gasteiger partial charge in [-0.1, -0.05) is 0 Å². The van der Waals surface area contributed by atoms with E-state index in [1.807, 2.05) is 0 Å². The summed E-state index contributed by atoms with van der Waals surface area (Å²) in [5.41, 5.74) is 0. The molecule has 0 aliphatic carbocycles. The number of carbonyl (C=O) groups excluding carboxylic acids is 1. The van der Waals surface area contributed by atoms with Crippen molar-refractivity contribution in [3.63, 3.8) is 0 Å². The van der Waals surface area contributed by atoms with Crippen LogP contribution < -0.4 is 10.6 Å². The zero-order valence-electron chi connectivity index (χ0n) is 8.37. The van der Waals surface area contributed by atoms with E-state index in [0.717, 1.165) is 0 Å². The van der Waals surface area contributed by atoms with E-state index in [9.17, 15) is 9.59 Å². The summed E-state index contributed by atoms with van der Waals surface area (Å²) in [6.07, 6.45) is 0.665. The van der Waals surface area contributed by atoms with Crippen LogP contribution in [0.4, 0.5) is 0 Å². The van der Waals surface area contributed by atoms with Gasteiger partial charge in [0.1, 0.15) is 0 Å². The van der Waals surface area contributed by atoms with E-state index in [1.54, 1.807) is 7.11 Å². The van der Waals surface area contributed by atoms with Crippen LogP contribution in [0.2, 0.25) is 0 Å². The molecule has 1 atom stereocenters. The Morgan fingerprint density at radius 2 is 2.14 bits per heavy atom. The number of hydrogen-bond acceptors (Lipinski definition) is 4. The Hall–Kier alpha value is -1.14. The van der Waals surface area contributed by atoms with Crippen LogP contribution in [0.1, 0.15) is 6.42 Å². The molecule has 82 valence electrons. The van der Waals surface area contributed by atoms with Gasteiger partial charge in [-0.15, -0.1) is 0 Å². The van der Waals surface area contributed by atoms with Gasteiger partial charge in [-0.3, -0.25) is 10.1 Å². The number of ether oxygens (including phenoxy) is 1. The number of carbonyl (C=O) groups is 2. The van der Waals surface area contributed by atoms with Crippen molar-refractivity contribution in [2.45, 2.75) is 12.5 Å². The van der Waals surface area contributed by atoms with Crippen molar-refractivity contribution in [2.75, 3.05) is 27.3 Å². The average Bonchev–Trinajstić information content (AvgIpc) is 2.13. The van der Waals surface area contributed by atoms with Crippen molar-refractivity contribution in [3.05, 3.63) is 0 Å². The molecule has 6 nitrogen and oxygen atoms in total. The molecule has 0 aromatic carbocycles. The van der Waals surface area contributed by atoms with Crippen LogP contribution in [0.15, 0.2) is 0 Å². The predicted molar refractivity (Wildman–Crippen MR) is 50.0 cm³/mol. The topological polar surface area (TPSA) is 87.7 Å². The van der Waals surface area contributed by atoms with Gasteiger partial charge in [0.15, 0.2) is 6.04 Å². The molecule has 1 amide bonds. The average molecular weight is 204 g/mol. The molecule has 6 heteroatoms. The zero-order valence-corrected chi connectivity index (χ0v) is 8.37. The van der Waals surface area contributed by atoms with E-state index in [1.165, 1.54) is 7.05 Å². The monoisotopic (exact) mass is 204 g/mol. The minimum atomic E-state index is -1.18. The number of amides is 1. The summed E-state index contributed by atoms with van der Waals surface area (Å²) in [4.78, 5) is 21.7. The highest BCUT2D eigenvalue weighted by atomic mass is 16.5. The second kappa shape index (κ2) is 7.28. The summed E-state index contributed by atoms with van der Waals surface area (Å²) in [6.45, 7) is 0.954. The van der Waals surface area contributed by atoms with Crippen LogP contribution in [0.5, 0.6) is 0 Å². The van der Waals surface area contributed by atoms with Gasteiger partial charge in [-0.25, -0.2) is 4.79 Å². The summed E-state index contributed by atoms with van der Waals surface area (Å²) in [6, 6.07) is -1.18. The molecule has 0 aliphatic rings. The molecular weight excluding hydrogens is 188 g/mol. The lowest BCUT2D eigenvalue weighted by Gasteiger charge is -2.11. The van der Waals surface area contributed by atoms with Crippen LogP contribution in [-0.2, 0) is 14.3 Å². The van der Waals surface area contributed by atoms with Crippen molar-refractivity contribution in [2.24, 2.45) is 0 Å². The standard InChI is InChI=1S/C8H16N2O4/c1-9-6(8(12)13)7(11)10-4-3-5-14-2/h6,9H,3-5H2,1-2H3,(H,10,11)(H,12,13). The van der Waals surface area contributed by atoms with E-state index < -0.39 is 17.9 Å². The third kappa shape index (κ3) is 4.78. The van der Waals surface area contributed by atoms with E-state index in [-0.39, 0.29) is 0 Å². The van der Waals surface area contributed by atoms with Crippen LogP contribution in [0.25, 0.3) is 0 Å². The highest BCUT2D eigenvalue weighted by Crippen LogP contribution is 1.84. The van der Waals surface area contributed by atoms with Crippen molar-refractivity contribution < 1.29 is 19.4 Å². The molecule has 1 unspecified atom stereocenters. The first-order valence-corrected chi connectivity index (χ1v) is 4.30. The molecular formula is C8H16N2O4. The van der Waals surface area contributed by atoms with Crippen molar-refractivity contribution >= 4 is 11.9 Å². The highest BCUT2D eigenvalue weighted by molar-refractivity contribution is 6.01. The number of aliphatic carboxylic acids is 1. The zero-order chi connectivity index (χ0) is 11.0. The minimum absolute atomic E-state index is 0.415. The molecule has 0 aromatic rings. The quantitative estimate of drug-likeness (QED) is 0.358. The van der Waals surface area contributed by atoms with Gasteiger partial charge >= 0.3 is 5.97 Å². The molecule has 0 rings (SSSR count). The molecule has 0 aliphatic heterocycles. The predicted octanol–water partition coefficient (Wildman–Crippen LogP) is -1.19. The van der Waals surface area contributed by atoms with E-state index in [0.29, 0.717) is 19.6 Å². The third-order valence-corrected chi connectivity index (χ3v) is 1.62. The Kier molecular flexibility index (Phi) is 6.69. The second-order valence-corrected chi connectivity index (χ2v) is 2.70. The van der Waals surface area contributed by atoms with Gasteiger partial charge in [0, 0.05) is 20.3 Å². The van der Waals surface area contributed by atoms with Crippen LogP contribution >= 0.6 is 0 Å². The molecule has 0 aromatic heterocycles. The summed E-state index contributed by atoms with van der Waals surface area (Å²) in [7, 11) is 2.99. The molecule has 0 bridgehead atoms. The van der Waals surface area contributed by atoms with Crippen LogP contribution in [-0.4, -0.2) is 50.3 Å². The molecule has 0 heterocycles. The number of likely N-dealkylation sites (N-methyl/N-ethyl adjacent to an activating group) is 1. The lowest BCUT2D eigenvalue weighted by molar-refractivity contribution is -0.143. The van der Waals surface area contributed by atoms with E-state index >= 15 is 0 Å². The summed E-state index contributed by atoms with van der Waals surface area (Å²) in [5, 5.41) is 13.5. The lowest BCUT2D eigenvalue weighted by Crippen LogP contribution is -2.48. The fraction of sp³-hybridized carbons (Fsp3) is 0.750. The Labute approximate surface area is 82.6 Å². The maximum absolute atomic E-state index is 11.2. The van der Waals surface area contributed by atoms with Gasteiger partial charge in [-0.2, -0.15) is 0 Å². The minimum Gasteiger partial charge on any atom is -0.480 e.